The highest BCUT2D eigenvalue weighted by molar-refractivity contribution is 7.09. The maximum absolute atomic E-state index is 6.04. The summed E-state index contributed by atoms with van der Waals surface area (Å²) in [7, 11) is 0. The average Bonchev–Trinajstić information content (AvgIpc) is 2.73. The van der Waals surface area contributed by atoms with Gasteiger partial charge in [0.2, 0.25) is 0 Å². The van der Waals surface area contributed by atoms with Gasteiger partial charge in [0, 0.05) is 11.4 Å². The van der Waals surface area contributed by atoms with E-state index in [4.69, 9.17) is 23.2 Å². The van der Waals surface area contributed by atoms with Crippen LogP contribution in [0.25, 0.3) is 0 Å². The molecule has 0 bridgehead atoms. The Hall–Kier alpha value is -0.700. The lowest BCUT2D eigenvalue weighted by Crippen LogP contribution is -1.97. The molecule has 0 saturated carbocycles. The van der Waals surface area contributed by atoms with E-state index in [-0.39, 0.29) is 0 Å². The summed E-state index contributed by atoms with van der Waals surface area (Å²) in [6.07, 6.45) is 0. The Bertz CT molecular complexity index is 440. The van der Waals surface area contributed by atoms with Gasteiger partial charge in [-0.3, -0.25) is 0 Å². The fourth-order valence-electron chi connectivity index (χ4n) is 1.24. The normalized spacial score (nSPS) is 10.3. The van der Waals surface area contributed by atoms with Crippen molar-refractivity contribution < 1.29 is 0 Å². The molecule has 0 fully saturated rings. The third-order valence-electron chi connectivity index (χ3n) is 1.98. The van der Waals surface area contributed by atoms with Gasteiger partial charge in [-0.1, -0.05) is 35.3 Å². The molecule has 0 saturated heterocycles. The highest BCUT2D eigenvalue weighted by Gasteiger charge is 2.03. The van der Waals surface area contributed by atoms with E-state index >= 15 is 0 Å². The summed E-state index contributed by atoms with van der Waals surface area (Å²) in [5.41, 5.74) is 0.873. The summed E-state index contributed by atoms with van der Waals surface area (Å²) >= 11 is 13.7. The number of rotatable bonds is 3. The molecule has 1 aromatic carbocycles. The molecular weight excluding hydrogens is 249 g/mol. The summed E-state index contributed by atoms with van der Waals surface area (Å²) in [5, 5.41) is 6.46. The van der Waals surface area contributed by atoms with Gasteiger partial charge >= 0.3 is 0 Å². The maximum atomic E-state index is 6.04. The van der Waals surface area contributed by atoms with Crippen LogP contribution in [-0.2, 0) is 6.54 Å². The van der Waals surface area contributed by atoms with Gasteiger partial charge in [0.15, 0.2) is 0 Å². The Morgan fingerprint density at radius 2 is 2.00 bits per heavy atom. The minimum absolute atomic E-state index is 0.577. The maximum Gasteiger partial charge on any atom is 0.0823 e. The molecule has 78 valence electrons. The predicted molar refractivity (Wildman–Crippen MR) is 68.1 cm³/mol. The van der Waals surface area contributed by atoms with Crippen molar-refractivity contribution in [2.45, 2.75) is 6.54 Å². The highest BCUT2D eigenvalue weighted by atomic mass is 35.5. The number of nitrogens with one attached hydrogen (secondary N) is 1. The lowest BCUT2D eigenvalue weighted by Gasteiger charge is -2.07. The van der Waals surface area contributed by atoms with Gasteiger partial charge in [-0.25, -0.2) is 0 Å². The summed E-state index contributed by atoms with van der Waals surface area (Å²) in [5.74, 6) is 0. The standard InChI is InChI=1S/C11H9Cl2NS/c12-9-4-1-5-10(11(9)13)14-7-8-3-2-6-15-8/h1-6,14H,7H2. The minimum atomic E-state index is 0.577. The van der Waals surface area contributed by atoms with Gasteiger partial charge in [-0.05, 0) is 23.6 Å². The van der Waals surface area contributed by atoms with Gasteiger partial charge in [0.05, 0.1) is 15.7 Å². The SMILES string of the molecule is Clc1cccc(NCc2cccs2)c1Cl. The summed E-state index contributed by atoms with van der Waals surface area (Å²) in [6.45, 7) is 0.776. The number of thiophene rings is 1. The van der Waals surface area contributed by atoms with E-state index in [2.05, 4.69) is 16.8 Å². The van der Waals surface area contributed by atoms with Crippen molar-refractivity contribution >= 4 is 40.2 Å². The molecular formula is C11H9Cl2NS. The molecule has 0 radical (unpaired) electrons. The van der Waals surface area contributed by atoms with Crippen molar-refractivity contribution in [3.05, 3.63) is 50.6 Å². The minimum Gasteiger partial charge on any atom is -0.379 e. The van der Waals surface area contributed by atoms with Crippen LogP contribution in [0.1, 0.15) is 4.88 Å². The molecule has 0 aliphatic rings. The fourth-order valence-corrected chi connectivity index (χ4v) is 2.25. The van der Waals surface area contributed by atoms with Crippen LogP contribution in [0.15, 0.2) is 35.7 Å². The van der Waals surface area contributed by atoms with Crippen molar-refractivity contribution in [2.24, 2.45) is 0 Å². The molecule has 2 rings (SSSR count). The Morgan fingerprint density at radius 1 is 1.13 bits per heavy atom. The summed E-state index contributed by atoms with van der Waals surface area (Å²) in [4.78, 5) is 1.27. The molecule has 0 unspecified atom stereocenters. The Labute approximate surface area is 103 Å². The molecule has 0 aliphatic heterocycles. The number of hydrogen-bond acceptors (Lipinski definition) is 2. The third-order valence-corrected chi connectivity index (χ3v) is 3.68. The van der Waals surface area contributed by atoms with Gasteiger partial charge in [0.25, 0.3) is 0 Å². The molecule has 0 spiro atoms. The van der Waals surface area contributed by atoms with Gasteiger partial charge in [0.1, 0.15) is 0 Å². The van der Waals surface area contributed by atoms with Crippen LogP contribution >= 0.6 is 34.5 Å². The first-order chi connectivity index (χ1) is 7.27. The average molecular weight is 258 g/mol. The monoisotopic (exact) mass is 257 g/mol. The topological polar surface area (TPSA) is 12.0 Å². The second kappa shape index (κ2) is 4.88. The molecule has 15 heavy (non-hydrogen) atoms. The molecule has 1 aromatic heterocycles. The van der Waals surface area contributed by atoms with Crippen LogP contribution in [0.2, 0.25) is 10.0 Å². The van der Waals surface area contributed by atoms with Crippen molar-refractivity contribution in [3.8, 4) is 0 Å². The smallest absolute Gasteiger partial charge is 0.0823 e. The van der Waals surface area contributed by atoms with E-state index in [1.807, 2.05) is 18.2 Å². The van der Waals surface area contributed by atoms with Crippen LogP contribution in [0.5, 0.6) is 0 Å². The summed E-state index contributed by atoms with van der Waals surface area (Å²) < 4.78 is 0. The van der Waals surface area contributed by atoms with Crippen LogP contribution in [-0.4, -0.2) is 0 Å². The molecule has 0 amide bonds. The predicted octanol–water partition coefficient (Wildman–Crippen LogP) is 4.67. The largest absolute Gasteiger partial charge is 0.379 e. The van der Waals surface area contributed by atoms with Crippen molar-refractivity contribution in [2.75, 3.05) is 5.32 Å². The number of hydrogen-bond donors (Lipinski definition) is 1. The number of benzene rings is 1. The Kier molecular flexibility index (Phi) is 3.52. The molecule has 1 heterocycles. The molecule has 4 heteroatoms. The Balaban J connectivity index is 2.08. The second-order valence-electron chi connectivity index (χ2n) is 3.03. The lowest BCUT2D eigenvalue weighted by molar-refractivity contribution is 1.19. The first-order valence-electron chi connectivity index (χ1n) is 4.47. The van der Waals surface area contributed by atoms with Gasteiger partial charge in [-0.2, -0.15) is 0 Å². The van der Waals surface area contributed by atoms with Crippen molar-refractivity contribution in [1.82, 2.24) is 0 Å². The zero-order chi connectivity index (χ0) is 10.7. The van der Waals surface area contributed by atoms with Crippen LogP contribution < -0.4 is 5.32 Å². The molecule has 1 N–H and O–H groups in total. The van der Waals surface area contributed by atoms with E-state index < -0.39 is 0 Å². The van der Waals surface area contributed by atoms with E-state index in [1.54, 1.807) is 17.4 Å². The zero-order valence-electron chi connectivity index (χ0n) is 7.84. The van der Waals surface area contributed by atoms with Crippen molar-refractivity contribution in [3.63, 3.8) is 0 Å². The van der Waals surface area contributed by atoms with Gasteiger partial charge < -0.3 is 5.32 Å². The number of anilines is 1. The Morgan fingerprint density at radius 3 is 2.73 bits per heavy atom. The van der Waals surface area contributed by atoms with Crippen LogP contribution in [0.3, 0.4) is 0 Å². The van der Waals surface area contributed by atoms with E-state index in [9.17, 15) is 0 Å². The molecule has 0 aliphatic carbocycles. The van der Waals surface area contributed by atoms with E-state index in [0.29, 0.717) is 10.0 Å². The molecule has 0 atom stereocenters. The lowest BCUT2D eigenvalue weighted by atomic mass is 10.3. The summed E-state index contributed by atoms with van der Waals surface area (Å²) in [6, 6.07) is 9.68. The molecule has 1 nitrogen and oxygen atoms in total. The van der Waals surface area contributed by atoms with Crippen LogP contribution in [0.4, 0.5) is 5.69 Å². The first kappa shape index (κ1) is 10.8. The quantitative estimate of drug-likeness (QED) is 0.843. The third kappa shape index (κ3) is 2.65. The van der Waals surface area contributed by atoms with Crippen LogP contribution in [0, 0.1) is 0 Å². The first-order valence-corrected chi connectivity index (χ1v) is 6.11. The number of halogens is 2. The van der Waals surface area contributed by atoms with E-state index in [1.165, 1.54) is 4.88 Å². The second-order valence-corrected chi connectivity index (χ2v) is 4.85. The van der Waals surface area contributed by atoms with Crippen molar-refractivity contribution in [1.29, 1.82) is 0 Å². The molecule has 2 aromatic rings. The highest BCUT2D eigenvalue weighted by Crippen LogP contribution is 2.29. The van der Waals surface area contributed by atoms with E-state index in [0.717, 1.165) is 12.2 Å². The zero-order valence-corrected chi connectivity index (χ0v) is 10.2. The van der Waals surface area contributed by atoms with Gasteiger partial charge in [-0.15, -0.1) is 11.3 Å². The fraction of sp³-hybridized carbons (Fsp3) is 0.0909.